The average Bonchev–Trinajstić information content (AvgIpc) is 2.63. The smallest absolute Gasteiger partial charge is 0.305 e. The summed E-state index contributed by atoms with van der Waals surface area (Å²) in [6.07, 6.45) is 1.39. The van der Waals surface area contributed by atoms with Crippen molar-refractivity contribution in [1.82, 2.24) is 5.32 Å². The summed E-state index contributed by atoms with van der Waals surface area (Å²) in [5, 5.41) is 13.6. The van der Waals surface area contributed by atoms with Crippen LogP contribution in [-0.4, -0.2) is 23.0 Å². The van der Waals surface area contributed by atoms with Crippen molar-refractivity contribution < 1.29 is 14.7 Å². The number of thiophene rings is 1. The van der Waals surface area contributed by atoms with E-state index < -0.39 is 5.97 Å². The normalized spacial score (nSPS) is 12.1. The quantitative estimate of drug-likeness (QED) is 0.839. The molecule has 1 heterocycles. The standard InChI is InChI=1S/C11H14ClNO3S/c1-2-3-7(6-9(14)15)13-11(16)10-8(12)4-5-17-10/h4-5,7H,2-3,6H2,1H3,(H,13,16)(H,14,15). The van der Waals surface area contributed by atoms with E-state index in [9.17, 15) is 9.59 Å². The van der Waals surface area contributed by atoms with E-state index in [4.69, 9.17) is 16.7 Å². The molecule has 1 atom stereocenters. The summed E-state index contributed by atoms with van der Waals surface area (Å²) in [6, 6.07) is 1.30. The number of amides is 1. The molecule has 0 aliphatic carbocycles. The molecule has 0 fully saturated rings. The molecule has 0 aromatic carbocycles. The maximum Gasteiger partial charge on any atom is 0.305 e. The number of nitrogens with one attached hydrogen (secondary N) is 1. The molecule has 6 heteroatoms. The van der Waals surface area contributed by atoms with E-state index >= 15 is 0 Å². The van der Waals surface area contributed by atoms with Crippen LogP contribution in [-0.2, 0) is 4.79 Å². The summed E-state index contributed by atoms with van der Waals surface area (Å²) in [7, 11) is 0. The van der Waals surface area contributed by atoms with Gasteiger partial charge in [-0.25, -0.2) is 0 Å². The molecule has 0 spiro atoms. The Hall–Kier alpha value is -1.07. The van der Waals surface area contributed by atoms with Gasteiger partial charge in [0.05, 0.1) is 11.4 Å². The summed E-state index contributed by atoms with van der Waals surface area (Å²) in [5.41, 5.74) is 0. The summed E-state index contributed by atoms with van der Waals surface area (Å²) < 4.78 is 0. The summed E-state index contributed by atoms with van der Waals surface area (Å²) >= 11 is 7.08. The first-order chi connectivity index (χ1) is 8.04. The molecule has 1 amide bonds. The van der Waals surface area contributed by atoms with Gasteiger partial charge in [0.25, 0.3) is 5.91 Å². The molecule has 94 valence electrons. The summed E-state index contributed by atoms with van der Waals surface area (Å²) in [6.45, 7) is 1.94. The molecule has 1 aromatic heterocycles. The van der Waals surface area contributed by atoms with Gasteiger partial charge in [-0.05, 0) is 17.9 Å². The summed E-state index contributed by atoms with van der Waals surface area (Å²) in [5.74, 6) is -1.22. The van der Waals surface area contributed by atoms with Crippen LogP contribution < -0.4 is 5.32 Å². The van der Waals surface area contributed by atoms with E-state index in [1.807, 2.05) is 6.92 Å². The van der Waals surface area contributed by atoms with Crippen LogP contribution in [0.3, 0.4) is 0 Å². The van der Waals surface area contributed by atoms with Crippen LogP contribution in [0.2, 0.25) is 5.02 Å². The third kappa shape index (κ3) is 4.36. The van der Waals surface area contributed by atoms with Gasteiger partial charge in [-0.1, -0.05) is 24.9 Å². The summed E-state index contributed by atoms with van der Waals surface area (Å²) in [4.78, 5) is 22.9. The molecule has 1 rings (SSSR count). The third-order valence-corrected chi connectivity index (χ3v) is 3.56. The Balaban J connectivity index is 2.64. The molecular weight excluding hydrogens is 262 g/mol. The van der Waals surface area contributed by atoms with Crippen molar-refractivity contribution in [1.29, 1.82) is 0 Å². The molecule has 17 heavy (non-hydrogen) atoms. The number of aliphatic carboxylic acids is 1. The van der Waals surface area contributed by atoms with Crippen molar-refractivity contribution in [2.24, 2.45) is 0 Å². The highest BCUT2D eigenvalue weighted by Gasteiger charge is 2.18. The van der Waals surface area contributed by atoms with Gasteiger partial charge < -0.3 is 10.4 Å². The number of hydrogen-bond acceptors (Lipinski definition) is 3. The van der Waals surface area contributed by atoms with Crippen molar-refractivity contribution in [3.8, 4) is 0 Å². The number of carbonyl (C=O) groups is 2. The van der Waals surface area contributed by atoms with Gasteiger partial charge >= 0.3 is 5.97 Å². The Bertz CT molecular complexity index is 405. The molecule has 0 saturated heterocycles. The van der Waals surface area contributed by atoms with Gasteiger partial charge in [-0.2, -0.15) is 0 Å². The van der Waals surface area contributed by atoms with E-state index in [1.54, 1.807) is 11.4 Å². The van der Waals surface area contributed by atoms with Gasteiger partial charge in [0, 0.05) is 6.04 Å². The van der Waals surface area contributed by atoms with E-state index in [0.717, 1.165) is 6.42 Å². The highest BCUT2D eigenvalue weighted by Crippen LogP contribution is 2.22. The minimum absolute atomic E-state index is 0.0669. The lowest BCUT2D eigenvalue weighted by Crippen LogP contribution is -2.36. The maximum atomic E-state index is 11.8. The van der Waals surface area contributed by atoms with Gasteiger partial charge in [0.1, 0.15) is 4.88 Å². The van der Waals surface area contributed by atoms with Crippen molar-refractivity contribution >= 4 is 34.8 Å². The SMILES string of the molecule is CCCC(CC(=O)O)NC(=O)c1sccc1Cl. The number of carbonyl (C=O) groups excluding carboxylic acids is 1. The van der Waals surface area contributed by atoms with Gasteiger partial charge in [0.2, 0.25) is 0 Å². The van der Waals surface area contributed by atoms with Crippen LogP contribution >= 0.6 is 22.9 Å². The molecule has 4 nitrogen and oxygen atoms in total. The molecule has 0 radical (unpaired) electrons. The molecule has 0 saturated carbocycles. The molecule has 0 bridgehead atoms. The second-order valence-electron chi connectivity index (χ2n) is 3.65. The first-order valence-electron chi connectivity index (χ1n) is 5.30. The molecular formula is C11H14ClNO3S. The first kappa shape index (κ1) is 14.0. The van der Waals surface area contributed by atoms with Crippen LogP contribution in [0.5, 0.6) is 0 Å². The van der Waals surface area contributed by atoms with Crippen LogP contribution in [0.25, 0.3) is 0 Å². The Morgan fingerprint density at radius 1 is 1.59 bits per heavy atom. The Morgan fingerprint density at radius 2 is 2.29 bits per heavy atom. The van der Waals surface area contributed by atoms with Crippen molar-refractivity contribution in [3.05, 3.63) is 21.3 Å². The van der Waals surface area contributed by atoms with Gasteiger partial charge in [-0.15, -0.1) is 11.3 Å². The average molecular weight is 276 g/mol. The zero-order valence-corrected chi connectivity index (χ0v) is 11.0. The fraction of sp³-hybridized carbons (Fsp3) is 0.455. The number of hydrogen-bond donors (Lipinski definition) is 2. The fourth-order valence-electron chi connectivity index (χ4n) is 1.49. The van der Waals surface area contributed by atoms with Gasteiger partial charge in [0.15, 0.2) is 0 Å². The highest BCUT2D eigenvalue weighted by molar-refractivity contribution is 7.12. The predicted octanol–water partition coefficient (Wildman–Crippen LogP) is 2.77. The lowest BCUT2D eigenvalue weighted by Gasteiger charge is -2.15. The van der Waals surface area contributed by atoms with Crippen LogP contribution in [0.1, 0.15) is 35.9 Å². The molecule has 2 N–H and O–H groups in total. The van der Waals surface area contributed by atoms with Crippen LogP contribution in [0.15, 0.2) is 11.4 Å². The van der Waals surface area contributed by atoms with Crippen molar-refractivity contribution in [3.63, 3.8) is 0 Å². The largest absolute Gasteiger partial charge is 0.481 e. The lowest BCUT2D eigenvalue weighted by atomic mass is 10.1. The second kappa shape index (κ2) is 6.61. The minimum Gasteiger partial charge on any atom is -0.481 e. The van der Waals surface area contributed by atoms with Crippen LogP contribution in [0, 0.1) is 0 Å². The number of rotatable bonds is 6. The fourth-order valence-corrected chi connectivity index (χ4v) is 2.54. The van der Waals surface area contributed by atoms with E-state index in [-0.39, 0.29) is 18.4 Å². The Kier molecular flexibility index (Phi) is 5.44. The van der Waals surface area contributed by atoms with E-state index in [0.29, 0.717) is 16.3 Å². The molecule has 1 aromatic rings. The minimum atomic E-state index is -0.916. The predicted molar refractivity (Wildman–Crippen MR) is 67.7 cm³/mol. The third-order valence-electron chi connectivity index (χ3n) is 2.22. The van der Waals surface area contributed by atoms with Crippen LogP contribution in [0.4, 0.5) is 0 Å². The molecule has 0 aliphatic heterocycles. The molecule has 1 unspecified atom stereocenters. The number of halogens is 1. The van der Waals surface area contributed by atoms with E-state index in [1.165, 1.54) is 11.3 Å². The molecule has 0 aliphatic rings. The zero-order valence-electron chi connectivity index (χ0n) is 9.40. The Labute approximate surface area is 109 Å². The second-order valence-corrected chi connectivity index (χ2v) is 4.98. The monoisotopic (exact) mass is 275 g/mol. The maximum absolute atomic E-state index is 11.8. The first-order valence-corrected chi connectivity index (χ1v) is 6.56. The van der Waals surface area contributed by atoms with Gasteiger partial charge in [-0.3, -0.25) is 9.59 Å². The van der Waals surface area contributed by atoms with E-state index in [2.05, 4.69) is 5.32 Å². The number of carboxylic acid groups (broad SMARTS) is 1. The van der Waals surface area contributed by atoms with Crippen molar-refractivity contribution in [2.45, 2.75) is 32.2 Å². The highest BCUT2D eigenvalue weighted by atomic mass is 35.5. The lowest BCUT2D eigenvalue weighted by molar-refractivity contribution is -0.137. The zero-order chi connectivity index (χ0) is 12.8. The topological polar surface area (TPSA) is 66.4 Å². The number of carboxylic acids is 1. The Morgan fingerprint density at radius 3 is 2.76 bits per heavy atom. The van der Waals surface area contributed by atoms with Crippen molar-refractivity contribution in [2.75, 3.05) is 0 Å².